The average molecular weight is 261 g/mol. The van der Waals surface area contributed by atoms with E-state index in [4.69, 9.17) is 5.73 Å². The van der Waals surface area contributed by atoms with E-state index in [0.29, 0.717) is 18.6 Å². The normalized spacial score (nSPS) is 22.0. The van der Waals surface area contributed by atoms with Crippen LogP contribution in [-0.4, -0.2) is 49.1 Å². The highest BCUT2D eigenvalue weighted by atomic mass is 15.2. The van der Waals surface area contributed by atoms with Crippen LogP contribution in [0.1, 0.15) is 31.4 Å². The van der Waals surface area contributed by atoms with Gasteiger partial charge in [-0.25, -0.2) is 0 Å². The van der Waals surface area contributed by atoms with Crippen molar-refractivity contribution in [2.24, 2.45) is 5.73 Å². The van der Waals surface area contributed by atoms with Crippen molar-refractivity contribution in [3.63, 3.8) is 0 Å². The minimum absolute atomic E-state index is 0.334. The van der Waals surface area contributed by atoms with Gasteiger partial charge in [0.25, 0.3) is 0 Å². The van der Waals surface area contributed by atoms with Crippen LogP contribution in [0.3, 0.4) is 0 Å². The monoisotopic (exact) mass is 261 g/mol. The zero-order valence-electron chi connectivity index (χ0n) is 12.3. The minimum atomic E-state index is 0.334. The second-order valence-corrected chi connectivity index (χ2v) is 5.53. The fourth-order valence-corrected chi connectivity index (χ4v) is 3.22. The van der Waals surface area contributed by atoms with Crippen LogP contribution >= 0.6 is 0 Å². The van der Waals surface area contributed by atoms with E-state index in [2.05, 4.69) is 54.1 Å². The van der Waals surface area contributed by atoms with Crippen molar-refractivity contribution in [3.05, 3.63) is 35.9 Å². The Morgan fingerprint density at radius 3 is 2.74 bits per heavy atom. The molecule has 0 saturated carbocycles. The molecule has 19 heavy (non-hydrogen) atoms. The van der Waals surface area contributed by atoms with Crippen molar-refractivity contribution in [1.29, 1.82) is 0 Å². The van der Waals surface area contributed by atoms with Crippen LogP contribution in [0.25, 0.3) is 0 Å². The highest BCUT2D eigenvalue weighted by Crippen LogP contribution is 2.22. The standard InChI is InChI=1S/C16H27N3/c1-3-19-11-7-10-15(19)13-18(2)16(12-17)14-8-5-4-6-9-14/h4-6,8-9,15-16H,3,7,10-13,17H2,1-2H3. The van der Waals surface area contributed by atoms with Gasteiger partial charge in [0, 0.05) is 25.2 Å². The summed E-state index contributed by atoms with van der Waals surface area (Å²) >= 11 is 0. The molecule has 1 aromatic carbocycles. The molecule has 1 aromatic rings. The van der Waals surface area contributed by atoms with E-state index >= 15 is 0 Å². The first-order valence-corrected chi connectivity index (χ1v) is 7.45. The predicted octanol–water partition coefficient (Wildman–Crippen LogP) is 2.10. The van der Waals surface area contributed by atoms with Crippen LogP contribution < -0.4 is 5.73 Å². The molecule has 1 saturated heterocycles. The summed E-state index contributed by atoms with van der Waals surface area (Å²) in [5.41, 5.74) is 7.32. The smallest absolute Gasteiger partial charge is 0.0468 e. The highest BCUT2D eigenvalue weighted by molar-refractivity contribution is 5.19. The quantitative estimate of drug-likeness (QED) is 0.851. The fourth-order valence-electron chi connectivity index (χ4n) is 3.22. The summed E-state index contributed by atoms with van der Waals surface area (Å²) < 4.78 is 0. The molecule has 1 aliphatic rings. The van der Waals surface area contributed by atoms with Gasteiger partial charge in [-0.2, -0.15) is 0 Å². The van der Waals surface area contributed by atoms with E-state index in [1.165, 1.54) is 24.9 Å². The molecule has 0 amide bonds. The molecule has 106 valence electrons. The van der Waals surface area contributed by atoms with Crippen LogP contribution in [0, 0.1) is 0 Å². The Hall–Kier alpha value is -0.900. The molecule has 2 atom stereocenters. The SMILES string of the molecule is CCN1CCCC1CN(C)C(CN)c1ccccc1. The Labute approximate surface area is 117 Å². The maximum Gasteiger partial charge on any atom is 0.0468 e. The van der Waals surface area contributed by atoms with E-state index < -0.39 is 0 Å². The molecule has 3 nitrogen and oxygen atoms in total. The maximum absolute atomic E-state index is 5.99. The van der Waals surface area contributed by atoms with E-state index in [-0.39, 0.29) is 0 Å². The minimum Gasteiger partial charge on any atom is -0.329 e. The van der Waals surface area contributed by atoms with E-state index in [1.807, 2.05) is 0 Å². The Morgan fingerprint density at radius 2 is 2.11 bits per heavy atom. The third-order valence-corrected chi connectivity index (χ3v) is 4.34. The van der Waals surface area contributed by atoms with E-state index in [0.717, 1.165) is 13.1 Å². The van der Waals surface area contributed by atoms with Crippen LogP contribution in [0.2, 0.25) is 0 Å². The van der Waals surface area contributed by atoms with Crippen molar-refractivity contribution >= 4 is 0 Å². The number of benzene rings is 1. The first-order valence-electron chi connectivity index (χ1n) is 7.45. The van der Waals surface area contributed by atoms with Gasteiger partial charge in [-0.15, -0.1) is 0 Å². The lowest BCUT2D eigenvalue weighted by molar-refractivity contribution is 0.166. The zero-order chi connectivity index (χ0) is 13.7. The van der Waals surface area contributed by atoms with Crippen LogP contribution in [0.5, 0.6) is 0 Å². The molecule has 0 bridgehead atoms. The zero-order valence-corrected chi connectivity index (χ0v) is 12.3. The first-order chi connectivity index (χ1) is 9.26. The molecule has 1 aliphatic heterocycles. The molecule has 1 fully saturated rings. The lowest BCUT2D eigenvalue weighted by Gasteiger charge is -2.32. The van der Waals surface area contributed by atoms with Gasteiger partial charge in [-0.1, -0.05) is 37.3 Å². The molecule has 0 aliphatic carbocycles. The summed E-state index contributed by atoms with van der Waals surface area (Å²) in [4.78, 5) is 5.02. The molecular formula is C16H27N3. The number of hydrogen-bond donors (Lipinski definition) is 1. The third kappa shape index (κ3) is 3.56. The Balaban J connectivity index is 1.99. The van der Waals surface area contributed by atoms with Crippen LogP contribution in [-0.2, 0) is 0 Å². The Kier molecular flexibility index (Phi) is 5.37. The summed E-state index contributed by atoms with van der Waals surface area (Å²) in [5, 5.41) is 0. The fraction of sp³-hybridized carbons (Fsp3) is 0.625. The van der Waals surface area contributed by atoms with Gasteiger partial charge in [0.1, 0.15) is 0 Å². The molecule has 2 unspecified atom stereocenters. The van der Waals surface area contributed by atoms with Crippen molar-refractivity contribution < 1.29 is 0 Å². The lowest BCUT2D eigenvalue weighted by Crippen LogP contribution is -2.41. The predicted molar refractivity (Wildman–Crippen MR) is 81.1 cm³/mol. The summed E-state index contributed by atoms with van der Waals surface area (Å²) in [6.07, 6.45) is 2.66. The number of nitrogens with two attached hydrogens (primary N) is 1. The van der Waals surface area contributed by atoms with Crippen molar-refractivity contribution in [3.8, 4) is 0 Å². The van der Waals surface area contributed by atoms with Gasteiger partial charge in [0.05, 0.1) is 0 Å². The topological polar surface area (TPSA) is 32.5 Å². The molecule has 0 spiro atoms. The molecule has 1 heterocycles. The largest absolute Gasteiger partial charge is 0.329 e. The van der Waals surface area contributed by atoms with Gasteiger partial charge in [-0.3, -0.25) is 9.80 Å². The number of likely N-dealkylation sites (tertiary alicyclic amines) is 1. The summed E-state index contributed by atoms with van der Waals surface area (Å²) in [6.45, 7) is 6.48. The van der Waals surface area contributed by atoms with Crippen molar-refractivity contribution in [2.75, 3.05) is 33.2 Å². The van der Waals surface area contributed by atoms with Gasteiger partial charge in [0.15, 0.2) is 0 Å². The summed E-state index contributed by atoms with van der Waals surface area (Å²) in [7, 11) is 2.21. The third-order valence-electron chi connectivity index (χ3n) is 4.34. The Morgan fingerprint density at radius 1 is 1.37 bits per heavy atom. The number of hydrogen-bond acceptors (Lipinski definition) is 3. The molecule has 3 heteroatoms. The van der Waals surface area contributed by atoms with Crippen molar-refractivity contribution in [1.82, 2.24) is 9.80 Å². The van der Waals surface area contributed by atoms with Crippen LogP contribution in [0.15, 0.2) is 30.3 Å². The molecule has 0 aromatic heterocycles. The second-order valence-electron chi connectivity index (χ2n) is 5.53. The van der Waals surface area contributed by atoms with Gasteiger partial charge >= 0.3 is 0 Å². The first kappa shape index (κ1) is 14.5. The molecule has 2 rings (SSSR count). The van der Waals surface area contributed by atoms with Crippen LogP contribution in [0.4, 0.5) is 0 Å². The van der Waals surface area contributed by atoms with Gasteiger partial charge in [0.2, 0.25) is 0 Å². The summed E-state index contributed by atoms with van der Waals surface area (Å²) in [6, 6.07) is 11.7. The van der Waals surface area contributed by atoms with Gasteiger partial charge < -0.3 is 5.73 Å². The molecular weight excluding hydrogens is 234 g/mol. The van der Waals surface area contributed by atoms with Gasteiger partial charge in [-0.05, 0) is 38.5 Å². The second kappa shape index (κ2) is 7.04. The number of nitrogens with zero attached hydrogens (tertiary/aromatic N) is 2. The molecule has 2 N–H and O–H groups in total. The van der Waals surface area contributed by atoms with E-state index in [9.17, 15) is 0 Å². The maximum atomic E-state index is 5.99. The van der Waals surface area contributed by atoms with E-state index in [1.54, 1.807) is 0 Å². The molecule has 0 radical (unpaired) electrons. The highest BCUT2D eigenvalue weighted by Gasteiger charge is 2.26. The number of likely N-dealkylation sites (N-methyl/N-ethyl adjacent to an activating group) is 2. The lowest BCUT2D eigenvalue weighted by atomic mass is 10.0. The average Bonchev–Trinajstić information content (AvgIpc) is 2.88. The van der Waals surface area contributed by atoms with Crippen molar-refractivity contribution in [2.45, 2.75) is 31.8 Å². The number of rotatable bonds is 6. The summed E-state index contributed by atoms with van der Waals surface area (Å²) in [5.74, 6) is 0. The Bertz CT molecular complexity index is 366.